The average molecular weight is 211 g/mol. The molecule has 1 N–H and O–H groups in total. The van der Waals surface area contributed by atoms with Gasteiger partial charge in [0, 0.05) is 19.1 Å². The van der Waals surface area contributed by atoms with Gasteiger partial charge in [-0.1, -0.05) is 19.8 Å². The van der Waals surface area contributed by atoms with Gasteiger partial charge in [-0.05, 0) is 25.2 Å². The van der Waals surface area contributed by atoms with Crippen LogP contribution in [0.15, 0.2) is 0 Å². The second-order valence-corrected chi connectivity index (χ2v) is 5.26. The second-order valence-electron chi connectivity index (χ2n) is 5.26. The third-order valence-corrected chi connectivity index (χ3v) is 4.00. The smallest absolute Gasteiger partial charge is 0.309 e. The molecule has 0 radical (unpaired) electrons. The third kappa shape index (κ3) is 2.51. The second kappa shape index (κ2) is 4.52. The van der Waals surface area contributed by atoms with Crippen molar-refractivity contribution in [3.05, 3.63) is 0 Å². The molecule has 2 fully saturated rings. The number of hydrogen-bond acceptors (Lipinski definition) is 2. The summed E-state index contributed by atoms with van der Waals surface area (Å²) in [6.07, 6.45) is 6.54. The lowest BCUT2D eigenvalue weighted by Gasteiger charge is -2.42. The van der Waals surface area contributed by atoms with Crippen molar-refractivity contribution >= 4 is 5.97 Å². The van der Waals surface area contributed by atoms with Gasteiger partial charge in [-0.2, -0.15) is 0 Å². The first-order valence-electron chi connectivity index (χ1n) is 6.13. The molecule has 0 spiro atoms. The molecule has 0 aromatic rings. The van der Waals surface area contributed by atoms with Gasteiger partial charge < -0.3 is 5.11 Å². The minimum atomic E-state index is -0.617. The van der Waals surface area contributed by atoms with Gasteiger partial charge in [0.05, 0.1) is 5.92 Å². The molecule has 15 heavy (non-hydrogen) atoms. The SMILES string of the molecule is CC1CCCC(N2CC(C(=O)O)C2)CC1. The molecule has 3 heteroatoms. The van der Waals surface area contributed by atoms with E-state index in [-0.39, 0.29) is 5.92 Å². The Bertz CT molecular complexity index is 236. The van der Waals surface area contributed by atoms with Crippen LogP contribution in [-0.4, -0.2) is 35.1 Å². The molecule has 1 heterocycles. The normalized spacial score (nSPS) is 34.5. The lowest BCUT2D eigenvalue weighted by Crippen LogP contribution is -2.54. The van der Waals surface area contributed by atoms with Crippen LogP contribution in [0.1, 0.15) is 39.0 Å². The number of hydrogen-bond donors (Lipinski definition) is 1. The summed E-state index contributed by atoms with van der Waals surface area (Å²) in [6, 6.07) is 0.672. The molecule has 2 unspecified atom stereocenters. The molecule has 2 aliphatic rings. The summed E-state index contributed by atoms with van der Waals surface area (Å²) in [5, 5.41) is 8.82. The Morgan fingerprint density at radius 3 is 2.60 bits per heavy atom. The zero-order valence-electron chi connectivity index (χ0n) is 9.48. The summed E-state index contributed by atoms with van der Waals surface area (Å²) < 4.78 is 0. The fraction of sp³-hybridized carbons (Fsp3) is 0.917. The molecule has 2 atom stereocenters. The van der Waals surface area contributed by atoms with Gasteiger partial charge in [-0.25, -0.2) is 0 Å². The number of nitrogens with zero attached hydrogens (tertiary/aromatic N) is 1. The summed E-state index contributed by atoms with van der Waals surface area (Å²) in [7, 11) is 0. The van der Waals surface area contributed by atoms with Crippen LogP contribution < -0.4 is 0 Å². The molecule has 0 bridgehead atoms. The summed E-state index contributed by atoms with van der Waals surface area (Å²) in [4.78, 5) is 13.1. The van der Waals surface area contributed by atoms with E-state index in [1.165, 1.54) is 32.1 Å². The minimum absolute atomic E-state index is 0.0920. The lowest BCUT2D eigenvalue weighted by atomic mass is 9.94. The van der Waals surface area contributed by atoms with Crippen LogP contribution in [0.4, 0.5) is 0 Å². The van der Waals surface area contributed by atoms with Crippen molar-refractivity contribution < 1.29 is 9.90 Å². The number of likely N-dealkylation sites (tertiary alicyclic amines) is 1. The number of carboxylic acid groups (broad SMARTS) is 1. The molecule has 86 valence electrons. The Balaban J connectivity index is 1.78. The van der Waals surface area contributed by atoms with Gasteiger partial charge in [-0.15, -0.1) is 0 Å². The van der Waals surface area contributed by atoms with Crippen molar-refractivity contribution in [3.8, 4) is 0 Å². The predicted molar refractivity (Wildman–Crippen MR) is 58.7 cm³/mol. The van der Waals surface area contributed by atoms with E-state index in [1.54, 1.807) is 0 Å². The predicted octanol–water partition coefficient (Wildman–Crippen LogP) is 1.97. The van der Waals surface area contributed by atoms with E-state index in [9.17, 15) is 4.79 Å². The van der Waals surface area contributed by atoms with Gasteiger partial charge in [0.25, 0.3) is 0 Å². The monoisotopic (exact) mass is 211 g/mol. The van der Waals surface area contributed by atoms with E-state index >= 15 is 0 Å². The first-order valence-corrected chi connectivity index (χ1v) is 6.13. The third-order valence-electron chi connectivity index (χ3n) is 4.00. The average Bonchev–Trinajstić information content (AvgIpc) is 2.28. The minimum Gasteiger partial charge on any atom is -0.481 e. The van der Waals surface area contributed by atoms with Crippen molar-refractivity contribution in [2.45, 2.75) is 45.1 Å². The molecule has 0 aromatic heterocycles. The number of carbonyl (C=O) groups is 1. The standard InChI is InChI=1S/C12H21NO2/c1-9-3-2-4-11(6-5-9)13-7-10(8-13)12(14)15/h9-11H,2-8H2,1H3,(H,14,15). The van der Waals surface area contributed by atoms with E-state index in [2.05, 4.69) is 11.8 Å². The summed E-state index contributed by atoms with van der Waals surface area (Å²) in [5.74, 6) is 0.158. The maximum absolute atomic E-state index is 10.7. The van der Waals surface area contributed by atoms with Crippen molar-refractivity contribution in [2.24, 2.45) is 11.8 Å². The lowest BCUT2D eigenvalue weighted by molar-refractivity contribution is -0.148. The zero-order chi connectivity index (χ0) is 10.8. The molecular weight excluding hydrogens is 190 g/mol. The van der Waals surface area contributed by atoms with E-state index in [0.29, 0.717) is 6.04 Å². The summed E-state index contributed by atoms with van der Waals surface area (Å²) in [5.41, 5.74) is 0. The first kappa shape index (κ1) is 10.9. The van der Waals surface area contributed by atoms with Crippen LogP contribution in [0.2, 0.25) is 0 Å². The van der Waals surface area contributed by atoms with E-state index in [0.717, 1.165) is 19.0 Å². The Hall–Kier alpha value is -0.570. The number of rotatable bonds is 2. The van der Waals surface area contributed by atoms with Crippen LogP contribution >= 0.6 is 0 Å². The van der Waals surface area contributed by atoms with Gasteiger partial charge in [0.15, 0.2) is 0 Å². The van der Waals surface area contributed by atoms with Crippen LogP contribution in [0, 0.1) is 11.8 Å². The highest BCUT2D eigenvalue weighted by Gasteiger charge is 2.36. The van der Waals surface area contributed by atoms with Crippen molar-refractivity contribution in [2.75, 3.05) is 13.1 Å². The maximum atomic E-state index is 10.7. The van der Waals surface area contributed by atoms with Gasteiger partial charge in [0.2, 0.25) is 0 Å². The molecule has 0 amide bonds. The number of carboxylic acids is 1. The van der Waals surface area contributed by atoms with E-state index < -0.39 is 5.97 Å². The van der Waals surface area contributed by atoms with Crippen molar-refractivity contribution in [1.82, 2.24) is 4.90 Å². The molecule has 1 aliphatic heterocycles. The molecule has 2 rings (SSSR count). The van der Waals surface area contributed by atoms with Crippen LogP contribution in [0.25, 0.3) is 0 Å². The fourth-order valence-electron chi connectivity index (χ4n) is 2.80. The molecule has 3 nitrogen and oxygen atoms in total. The Morgan fingerprint density at radius 1 is 1.20 bits per heavy atom. The van der Waals surface area contributed by atoms with Crippen molar-refractivity contribution in [3.63, 3.8) is 0 Å². The Kier molecular flexibility index (Phi) is 3.29. The van der Waals surface area contributed by atoms with Crippen LogP contribution in [0.3, 0.4) is 0 Å². The maximum Gasteiger partial charge on any atom is 0.309 e. The van der Waals surface area contributed by atoms with Crippen LogP contribution in [-0.2, 0) is 4.79 Å². The highest BCUT2D eigenvalue weighted by molar-refractivity contribution is 5.71. The van der Waals surface area contributed by atoms with Gasteiger partial charge in [-0.3, -0.25) is 9.69 Å². The van der Waals surface area contributed by atoms with Gasteiger partial charge in [0.1, 0.15) is 0 Å². The molecule has 0 aromatic carbocycles. The molecule has 1 saturated heterocycles. The molecular formula is C12H21NO2. The highest BCUT2D eigenvalue weighted by Crippen LogP contribution is 2.30. The summed E-state index contributed by atoms with van der Waals surface area (Å²) >= 11 is 0. The highest BCUT2D eigenvalue weighted by atomic mass is 16.4. The molecule has 1 saturated carbocycles. The zero-order valence-corrected chi connectivity index (χ0v) is 9.48. The topological polar surface area (TPSA) is 40.5 Å². The van der Waals surface area contributed by atoms with E-state index in [1.807, 2.05) is 0 Å². The largest absolute Gasteiger partial charge is 0.481 e. The summed E-state index contributed by atoms with van der Waals surface area (Å²) in [6.45, 7) is 3.90. The van der Waals surface area contributed by atoms with E-state index in [4.69, 9.17) is 5.11 Å². The molecule has 1 aliphatic carbocycles. The Labute approximate surface area is 91.5 Å². The van der Waals surface area contributed by atoms with Crippen LogP contribution in [0.5, 0.6) is 0 Å². The fourth-order valence-corrected chi connectivity index (χ4v) is 2.80. The van der Waals surface area contributed by atoms with Gasteiger partial charge >= 0.3 is 5.97 Å². The van der Waals surface area contributed by atoms with Crippen molar-refractivity contribution in [1.29, 1.82) is 0 Å². The Morgan fingerprint density at radius 2 is 1.93 bits per heavy atom. The first-order chi connectivity index (χ1) is 7.16. The number of aliphatic carboxylic acids is 1. The quantitative estimate of drug-likeness (QED) is 0.710.